The van der Waals surface area contributed by atoms with Gasteiger partial charge in [-0.2, -0.15) is 16.4 Å². The second-order valence-corrected chi connectivity index (χ2v) is 5.13. The summed E-state index contributed by atoms with van der Waals surface area (Å²) in [4.78, 5) is 0. The summed E-state index contributed by atoms with van der Waals surface area (Å²) < 4.78 is 1.91. The third-order valence-corrected chi connectivity index (χ3v) is 4.01. The maximum Gasteiger partial charge on any atom is 0.0706 e. The number of aryl methyl sites for hydroxylation is 1. The minimum atomic E-state index is 0.850. The van der Waals surface area contributed by atoms with Crippen molar-refractivity contribution in [3.8, 4) is 0 Å². The second kappa shape index (κ2) is 4.92. The van der Waals surface area contributed by atoms with Crippen LogP contribution in [-0.4, -0.2) is 9.61 Å². The van der Waals surface area contributed by atoms with E-state index >= 15 is 0 Å². The van der Waals surface area contributed by atoms with Crippen LogP contribution in [0, 0.1) is 6.92 Å². The topological polar surface area (TPSA) is 29.3 Å². The molecular weight excluding hydrogens is 242 g/mol. The SMILES string of the molecule is Cc1cscc1CNCc1cnn2ccccc12. The Morgan fingerprint density at radius 3 is 2.94 bits per heavy atom. The smallest absolute Gasteiger partial charge is 0.0706 e. The Hall–Kier alpha value is -1.65. The number of aromatic nitrogens is 2. The Morgan fingerprint density at radius 2 is 2.11 bits per heavy atom. The summed E-state index contributed by atoms with van der Waals surface area (Å²) in [6, 6.07) is 6.13. The molecule has 1 N–H and O–H groups in total. The van der Waals surface area contributed by atoms with Gasteiger partial charge < -0.3 is 5.32 Å². The molecule has 3 rings (SSSR count). The Labute approximate surface area is 110 Å². The molecule has 0 aliphatic rings. The van der Waals surface area contributed by atoms with Gasteiger partial charge in [-0.15, -0.1) is 0 Å². The van der Waals surface area contributed by atoms with E-state index < -0.39 is 0 Å². The highest BCUT2D eigenvalue weighted by Crippen LogP contribution is 2.14. The molecule has 0 unspecified atom stereocenters. The molecule has 3 heterocycles. The van der Waals surface area contributed by atoms with Crippen LogP contribution in [0.2, 0.25) is 0 Å². The van der Waals surface area contributed by atoms with Gasteiger partial charge in [0.25, 0.3) is 0 Å². The van der Waals surface area contributed by atoms with Crippen LogP contribution in [0.5, 0.6) is 0 Å². The molecule has 0 saturated carbocycles. The van der Waals surface area contributed by atoms with E-state index in [2.05, 4.69) is 34.2 Å². The van der Waals surface area contributed by atoms with Crippen LogP contribution < -0.4 is 5.32 Å². The third-order valence-electron chi connectivity index (χ3n) is 3.10. The molecule has 0 aliphatic heterocycles. The van der Waals surface area contributed by atoms with Gasteiger partial charge >= 0.3 is 0 Å². The summed E-state index contributed by atoms with van der Waals surface area (Å²) in [6.07, 6.45) is 3.91. The van der Waals surface area contributed by atoms with Crippen LogP contribution in [-0.2, 0) is 13.1 Å². The average Bonchev–Trinajstić information content (AvgIpc) is 2.97. The van der Waals surface area contributed by atoms with E-state index in [1.165, 1.54) is 22.2 Å². The van der Waals surface area contributed by atoms with Crippen molar-refractivity contribution < 1.29 is 0 Å². The summed E-state index contributed by atoms with van der Waals surface area (Å²) in [7, 11) is 0. The van der Waals surface area contributed by atoms with Gasteiger partial charge in [-0.25, -0.2) is 4.52 Å². The first kappa shape index (κ1) is 11.4. The Kier molecular flexibility index (Phi) is 3.13. The maximum atomic E-state index is 4.33. The second-order valence-electron chi connectivity index (χ2n) is 4.38. The fourth-order valence-corrected chi connectivity index (χ4v) is 2.88. The number of pyridine rings is 1. The highest BCUT2D eigenvalue weighted by atomic mass is 32.1. The molecule has 92 valence electrons. The number of rotatable bonds is 4. The molecule has 0 aromatic carbocycles. The molecule has 4 heteroatoms. The minimum Gasteiger partial charge on any atom is -0.308 e. The molecule has 0 radical (unpaired) electrons. The van der Waals surface area contributed by atoms with Crippen molar-refractivity contribution in [3.63, 3.8) is 0 Å². The molecule has 0 spiro atoms. The number of hydrogen-bond donors (Lipinski definition) is 1. The van der Waals surface area contributed by atoms with E-state index in [9.17, 15) is 0 Å². The first-order chi connectivity index (χ1) is 8.84. The van der Waals surface area contributed by atoms with Crippen LogP contribution >= 0.6 is 11.3 Å². The molecule has 3 aromatic rings. The summed E-state index contributed by atoms with van der Waals surface area (Å²) in [5.74, 6) is 0. The van der Waals surface area contributed by atoms with E-state index in [-0.39, 0.29) is 0 Å². The predicted molar refractivity (Wildman–Crippen MR) is 74.8 cm³/mol. The molecule has 0 fully saturated rings. The molecule has 0 saturated heterocycles. The van der Waals surface area contributed by atoms with E-state index in [1.54, 1.807) is 11.3 Å². The van der Waals surface area contributed by atoms with Crippen LogP contribution in [0.15, 0.2) is 41.4 Å². The van der Waals surface area contributed by atoms with Gasteiger partial charge in [0, 0.05) is 24.8 Å². The fourth-order valence-electron chi connectivity index (χ4n) is 2.02. The summed E-state index contributed by atoms with van der Waals surface area (Å²) in [6.45, 7) is 3.92. The number of nitrogens with zero attached hydrogens (tertiary/aromatic N) is 2. The van der Waals surface area contributed by atoms with Gasteiger partial charge in [-0.05, 0) is 40.9 Å². The summed E-state index contributed by atoms with van der Waals surface area (Å²) in [5, 5.41) is 12.2. The first-order valence-corrected chi connectivity index (χ1v) is 6.92. The van der Waals surface area contributed by atoms with Crippen LogP contribution in [0.4, 0.5) is 0 Å². The van der Waals surface area contributed by atoms with Gasteiger partial charge in [0.2, 0.25) is 0 Å². The number of fused-ring (bicyclic) bond motifs is 1. The van der Waals surface area contributed by atoms with Crippen molar-refractivity contribution in [1.29, 1.82) is 0 Å². The lowest BCUT2D eigenvalue weighted by atomic mass is 10.2. The zero-order chi connectivity index (χ0) is 12.4. The van der Waals surface area contributed by atoms with Gasteiger partial charge in [-0.3, -0.25) is 0 Å². The number of thiophene rings is 1. The molecule has 0 bridgehead atoms. The standard InChI is InChI=1S/C14H15N3S/c1-11-9-18-10-13(11)7-15-6-12-8-16-17-5-3-2-4-14(12)17/h2-5,8-10,15H,6-7H2,1H3. The number of hydrogen-bond acceptors (Lipinski definition) is 3. The van der Waals surface area contributed by atoms with E-state index in [4.69, 9.17) is 0 Å². The monoisotopic (exact) mass is 257 g/mol. The molecule has 3 nitrogen and oxygen atoms in total. The lowest BCUT2D eigenvalue weighted by Gasteiger charge is -2.03. The normalized spacial score (nSPS) is 11.2. The average molecular weight is 257 g/mol. The van der Waals surface area contributed by atoms with E-state index in [1.807, 2.05) is 29.0 Å². The Morgan fingerprint density at radius 1 is 1.22 bits per heavy atom. The van der Waals surface area contributed by atoms with Crippen molar-refractivity contribution >= 4 is 16.9 Å². The van der Waals surface area contributed by atoms with Crippen molar-refractivity contribution in [3.05, 3.63) is 58.0 Å². The quantitative estimate of drug-likeness (QED) is 0.778. The lowest BCUT2D eigenvalue weighted by molar-refractivity contribution is 0.695. The van der Waals surface area contributed by atoms with Crippen LogP contribution in [0.1, 0.15) is 16.7 Å². The van der Waals surface area contributed by atoms with E-state index in [0.29, 0.717) is 0 Å². The highest BCUT2D eigenvalue weighted by Gasteiger charge is 2.03. The van der Waals surface area contributed by atoms with E-state index in [0.717, 1.165) is 13.1 Å². The lowest BCUT2D eigenvalue weighted by Crippen LogP contribution is -2.12. The molecule has 3 aromatic heterocycles. The Bertz CT molecular complexity index is 654. The molecule has 0 atom stereocenters. The highest BCUT2D eigenvalue weighted by molar-refractivity contribution is 7.08. The first-order valence-electron chi connectivity index (χ1n) is 5.98. The van der Waals surface area contributed by atoms with Crippen molar-refractivity contribution in [2.24, 2.45) is 0 Å². The van der Waals surface area contributed by atoms with Gasteiger partial charge in [0.15, 0.2) is 0 Å². The van der Waals surface area contributed by atoms with Crippen molar-refractivity contribution in [1.82, 2.24) is 14.9 Å². The van der Waals surface area contributed by atoms with Gasteiger partial charge in [0.1, 0.15) is 0 Å². The zero-order valence-electron chi connectivity index (χ0n) is 10.3. The van der Waals surface area contributed by atoms with Crippen LogP contribution in [0.3, 0.4) is 0 Å². The molecule has 0 aliphatic carbocycles. The minimum absolute atomic E-state index is 0.850. The van der Waals surface area contributed by atoms with Gasteiger partial charge in [-0.1, -0.05) is 6.07 Å². The third kappa shape index (κ3) is 2.17. The molecule has 18 heavy (non-hydrogen) atoms. The van der Waals surface area contributed by atoms with Crippen LogP contribution in [0.25, 0.3) is 5.52 Å². The fraction of sp³-hybridized carbons (Fsp3) is 0.214. The molecule has 0 amide bonds. The van der Waals surface area contributed by atoms with Crippen molar-refractivity contribution in [2.45, 2.75) is 20.0 Å². The number of nitrogens with one attached hydrogen (secondary N) is 1. The zero-order valence-corrected chi connectivity index (χ0v) is 11.1. The molecular formula is C14H15N3S. The van der Waals surface area contributed by atoms with Crippen molar-refractivity contribution in [2.75, 3.05) is 0 Å². The predicted octanol–water partition coefficient (Wildman–Crippen LogP) is 2.99. The summed E-state index contributed by atoms with van der Waals surface area (Å²) >= 11 is 1.76. The summed E-state index contributed by atoms with van der Waals surface area (Å²) in [5.41, 5.74) is 5.17. The maximum absolute atomic E-state index is 4.33. The largest absolute Gasteiger partial charge is 0.308 e. The Balaban J connectivity index is 1.68. The van der Waals surface area contributed by atoms with Gasteiger partial charge in [0.05, 0.1) is 11.7 Å².